The first-order valence-electron chi connectivity index (χ1n) is 7.97. The molecule has 1 N–H and O–H groups in total. The van der Waals surface area contributed by atoms with Gasteiger partial charge in [0, 0.05) is 10.9 Å². The van der Waals surface area contributed by atoms with Crippen molar-refractivity contribution in [1.82, 2.24) is 25.1 Å². The molecule has 0 saturated heterocycles. The summed E-state index contributed by atoms with van der Waals surface area (Å²) in [6.07, 6.45) is 3.22. The highest BCUT2D eigenvalue weighted by molar-refractivity contribution is 7.22. The highest BCUT2D eigenvalue weighted by Crippen LogP contribution is 2.34. The number of aromatic nitrogens is 5. The maximum absolute atomic E-state index is 9.57. The van der Waals surface area contributed by atoms with E-state index in [1.54, 1.807) is 18.3 Å². The molecule has 0 aliphatic heterocycles. The van der Waals surface area contributed by atoms with Gasteiger partial charge in [0.2, 0.25) is 5.88 Å². The van der Waals surface area contributed by atoms with E-state index in [2.05, 4.69) is 37.3 Å². The monoisotopic (exact) mass is 405 g/mol. The number of rotatable bonds is 4. The predicted octanol–water partition coefficient (Wildman–Crippen LogP) is 3.79. The van der Waals surface area contributed by atoms with Crippen molar-refractivity contribution in [2.24, 2.45) is 0 Å². The standard InChI is InChI=1S/C18H11N7OS2/c1-9-3-10(6-19)16(27-9)18-25-24-15(28-18)4-11(7-20)17-22-12-5-14(26-2)21-8-13(12)23-17/h3-5,8H,1-2H3,(H,22,23)/b11-4+. The van der Waals surface area contributed by atoms with Crippen LogP contribution in [-0.2, 0) is 0 Å². The molecule has 0 aliphatic carbocycles. The molecule has 0 aromatic carbocycles. The maximum Gasteiger partial charge on any atom is 0.215 e. The van der Waals surface area contributed by atoms with Gasteiger partial charge in [-0.2, -0.15) is 10.5 Å². The molecule has 0 atom stereocenters. The molecule has 0 unspecified atom stereocenters. The Balaban J connectivity index is 1.71. The Labute approximate surface area is 167 Å². The highest BCUT2D eigenvalue weighted by Gasteiger charge is 2.15. The van der Waals surface area contributed by atoms with Crippen LogP contribution < -0.4 is 4.74 Å². The third-order valence-corrected chi connectivity index (χ3v) is 5.88. The van der Waals surface area contributed by atoms with Gasteiger partial charge in [-0.15, -0.1) is 21.5 Å². The Morgan fingerprint density at radius 1 is 1.25 bits per heavy atom. The van der Waals surface area contributed by atoms with Crippen LogP contribution in [0.5, 0.6) is 5.88 Å². The Hall–Kier alpha value is -3.60. The second-order valence-corrected chi connectivity index (χ2v) is 7.92. The van der Waals surface area contributed by atoms with Crippen LogP contribution in [-0.4, -0.2) is 32.3 Å². The van der Waals surface area contributed by atoms with E-state index < -0.39 is 0 Å². The van der Waals surface area contributed by atoms with E-state index in [0.29, 0.717) is 43.9 Å². The number of nitriles is 2. The molecule has 0 saturated carbocycles. The molecular weight excluding hydrogens is 394 g/mol. The number of H-pyrrole nitrogens is 1. The number of nitrogens with zero attached hydrogens (tertiary/aromatic N) is 6. The zero-order valence-corrected chi connectivity index (χ0v) is 16.4. The van der Waals surface area contributed by atoms with Crippen molar-refractivity contribution >= 4 is 45.4 Å². The minimum absolute atomic E-state index is 0.320. The molecule has 4 rings (SSSR count). The summed E-state index contributed by atoms with van der Waals surface area (Å²) in [7, 11) is 1.53. The molecule has 136 valence electrons. The Morgan fingerprint density at radius 2 is 2.11 bits per heavy atom. The third kappa shape index (κ3) is 3.22. The molecule has 0 fully saturated rings. The van der Waals surface area contributed by atoms with E-state index in [9.17, 15) is 10.5 Å². The summed E-state index contributed by atoms with van der Waals surface area (Å²) in [6.45, 7) is 1.94. The zero-order valence-electron chi connectivity index (χ0n) is 14.7. The van der Waals surface area contributed by atoms with E-state index in [-0.39, 0.29) is 0 Å². The minimum atomic E-state index is 0.320. The number of fused-ring (bicyclic) bond motifs is 1. The van der Waals surface area contributed by atoms with Gasteiger partial charge in [-0.05, 0) is 19.1 Å². The first kappa shape index (κ1) is 17.8. The SMILES string of the molecule is COc1cc2nc(/C(C#N)=C/c3nnc(-c4sc(C)cc4C#N)s3)[nH]c2cn1. The molecule has 0 aliphatic rings. The van der Waals surface area contributed by atoms with Crippen molar-refractivity contribution in [2.75, 3.05) is 7.11 Å². The fourth-order valence-corrected chi connectivity index (χ4v) is 4.38. The van der Waals surface area contributed by atoms with Crippen molar-refractivity contribution in [3.8, 4) is 27.9 Å². The number of aromatic amines is 1. The summed E-state index contributed by atoms with van der Waals surface area (Å²) < 4.78 is 5.10. The number of thiophene rings is 1. The maximum atomic E-state index is 9.57. The molecule has 0 bridgehead atoms. The van der Waals surface area contributed by atoms with Gasteiger partial charge in [0.05, 0.1) is 40.4 Å². The lowest BCUT2D eigenvalue weighted by atomic mass is 10.2. The number of methoxy groups -OCH3 is 1. The van der Waals surface area contributed by atoms with Crippen LogP contribution in [0.2, 0.25) is 0 Å². The van der Waals surface area contributed by atoms with Crippen LogP contribution >= 0.6 is 22.7 Å². The molecule has 4 heterocycles. The fourth-order valence-electron chi connectivity index (χ4n) is 2.55. The summed E-state index contributed by atoms with van der Waals surface area (Å²) in [4.78, 5) is 13.4. The van der Waals surface area contributed by atoms with Gasteiger partial charge in [-0.3, -0.25) is 0 Å². The van der Waals surface area contributed by atoms with Gasteiger partial charge < -0.3 is 9.72 Å². The van der Waals surface area contributed by atoms with Crippen molar-refractivity contribution in [1.29, 1.82) is 10.5 Å². The summed E-state index contributed by atoms with van der Waals surface area (Å²) in [6, 6.07) is 7.83. The summed E-state index contributed by atoms with van der Waals surface area (Å²) in [5.41, 5.74) is 2.24. The number of imidazole rings is 1. The second kappa shape index (κ2) is 7.19. The second-order valence-electron chi connectivity index (χ2n) is 5.66. The molecule has 8 nitrogen and oxygen atoms in total. The Bertz CT molecular complexity index is 1300. The van der Waals surface area contributed by atoms with Gasteiger partial charge in [0.1, 0.15) is 23.0 Å². The normalized spacial score (nSPS) is 11.4. The van der Waals surface area contributed by atoms with Crippen LogP contribution in [0.4, 0.5) is 0 Å². The van der Waals surface area contributed by atoms with Gasteiger partial charge >= 0.3 is 0 Å². The average molecular weight is 405 g/mol. The Morgan fingerprint density at radius 3 is 2.86 bits per heavy atom. The van der Waals surface area contributed by atoms with Crippen LogP contribution in [0.25, 0.3) is 32.6 Å². The number of hydrogen-bond acceptors (Lipinski definition) is 9. The molecule has 4 aromatic rings. The first-order chi connectivity index (χ1) is 13.6. The van der Waals surface area contributed by atoms with Crippen LogP contribution in [0.1, 0.15) is 21.3 Å². The van der Waals surface area contributed by atoms with Gasteiger partial charge in [0.15, 0.2) is 5.01 Å². The predicted molar refractivity (Wildman–Crippen MR) is 107 cm³/mol. The van der Waals surface area contributed by atoms with E-state index in [1.165, 1.54) is 29.8 Å². The van der Waals surface area contributed by atoms with Crippen molar-refractivity contribution in [3.05, 3.63) is 39.6 Å². The zero-order chi connectivity index (χ0) is 19.7. The molecule has 0 amide bonds. The lowest BCUT2D eigenvalue weighted by Gasteiger charge is -1.95. The van der Waals surface area contributed by atoms with E-state index in [1.807, 2.05) is 13.0 Å². The van der Waals surface area contributed by atoms with Crippen LogP contribution in [0.3, 0.4) is 0 Å². The number of aryl methyl sites for hydroxylation is 1. The number of hydrogen-bond donors (Lipinski definition) is 1. The van der Waals surface area contributed by atoms with Crippen molar-refractivity contribution < 1.29 is 4.74 Å². The minimum Gasteiger partial charge on any atom is -0.481 e. The quantitative estimate of drug-likeness (QED) is 0.512. The number of ether oxygens (including phenoxy) is 1. The van der Waals surface area contributed by atoms with Gasteiger partial charge in [-0.25, -0.2) is 9.97 Å². The van der Waals surface area contributed by atoms with Gasteiger partial charge in [0.25, 0.3) is 0 Å². The van der Waals surface area contributed by atoms with Crippen molar-refractivity contribution in [3.63, 3.8) is 0 Å². The van der Waals surface area contributed by atoms with E-state index in [0.717, 1.165) is 9.75 Å². The van der Waals surface area contributed by atoms with Crippen LogP contribution in [0, 0.1) is 29.6 Å². The van der Waals surface area contributed by atoms with E-state index >= 15 is 0 Å². The largest absolute Gasteiger partial charge is 0.481 e. The molecular formula is C18H11N7OS2. The summed E-state index contributed by atoms with van der Waals surface area (Å²) in [5, 5.41) is 28.4. The average Bonchev–Trinajstić information content (AvgIpc) is 3.42. The highest BCUT2D eigenvalue weighted by atomic mass is 32.1. The smallest absolute Gasteiger partial charge is 0.215 e. The first-order valence-corrected chi connectivity index (χ1v) is 9.61. The number of pyridine rings is 1. The lowest BCUT2D eigenvalue weighted by molar-refractivity contribution is 0.398. The van der Waals surface area contributed by atoms with Crippen molar-refractivity contribution in [2.45, 2.75) is 6.92 Å². The summed E-state index contributed by atoms with van der Waals surface area (Å²) >= 11 is 2.81. The van der Waals surface area contributed by atoms with E-state index in [4.69, 9.17) is 4.74 Å². The molecule has 0 spiro atoms. The molecule has 0 radical (unpaired) electrons. The molecule has 4 aromatic heterocycles. The van der Waals surface area contributed by atoms with Crippen LogP contribution in [0.15, 0.2) is 18.3 Å². The lowest BCUT2D eigenvalue weighted by Crippen LogP contribution is -1.85. The number of allylic oxidation sites excluding steroid dienone is 1. The van der Waals surface area contributed by atoms with Gasteiger partial charge in [-0.1, -0.05) is 11.3 Å². The molecule has 28 heavy (non-hydrogen) atoms. The number of nitrogens with one attached hydrogen (secondary N) is 1. The Kier molecular flexibility index (Phi) is 4.57. The topological polar surface area (TPSA) is 124 Å². The summed E-state index contributed by atoms with van der Waals surface area (Å²) in [5.74, 6) is 0.857. The third-order valence-electron chi connectivity index (χ3n) is 3.81. The fraction of sp³-hybridized carbons (Fsp3) is 0.111. The molecule has 10 heteroatoms.